The van der Waals surface area contributed by atoms with Gasteiger partial charge in [0.25, 0.3) is 0 Å². The van der Waals surface area contributed by atoms with Gasteiger partial charge >= 0.3 is 0 Å². The van der Waals surface area contributed by atoms with Gasteiger partial charge in [-0.3, -0.25) is 4.98 Å². The summed E-state index contributed by atoms with van der Waals surface area (Å²) < 4.78 is 0. The van der Waals surface area contributed by atoms with Crippen LogP contribution < -0.4 is 0 Å². The van der Waals surface area contributed by atoms with Crippen LogP contribution in [-0.4, -0.2) is 4.98 Å². The highest BCUT2D eigenvalue weighted by molar-refractivity contribution is 5.43. The highest BCUT2D eigenvalue weighted by Crippen LogP contribution is 2.31. The maximum atomic E-state index is 4.96. The third-order valence-electron chi connectivity index (χ3n) is 4.23. The van der Waals surface area contributed by atoms with E-state index in [-0.39, 0.29) is 0 Å². The minimum absolute atomic E-state index is 1.22. The molecule has 0 radical (unpaired) electrons. The smallest absolute Gasteiger partial charge is 0.0441 e. The monoisotopic (exact) mass is 215 g/mol. The lowest BCUT2D eigenvalue weighted by molar-refractivity contribution is 0.617. The molecule has 0 atom stereocenters. The summed E-state index contributed by atoms with van der Waals surface area (Å²) in [5.41, 5.74) is 7.84. The van der Waals surface area contributed by atoms with Crippen molar-refractivity contribution in [1.29, 1.82) is 0 Å². The van der Waals surface area contributed by atoms with Crippen molar-refractivity contribution in [3.05, 3.63) is 28.1 Å². The van der Waals surface area contributed by atoms with Gasteiger partial charge in [0.2, 0.25) is 0 Å². The molecule has 16 heavy (non-hydrogen) atoms. The first-order valence-corrected chi connectivity index (χ1v) is 6.92. The Bertz CT molecular complexity index is 372. The first-order chi connectivity index (χ1) is 7.90. The van der Waals surface area contributed by atoms with Crippen molar-refractivity contribution in [1.82, 2.24) is 4.98 Å². The van der Waals surface area contributed by atoms with Gasteiger partial charge in [-0.05, 0) is 74.5 Å². The van der Waals surface area contributed by atoms with E-state index in [0.717, 1.165) is 0 Å². The lowest BCUT2D eigenvalue weighted by Crippen LogP contribution is -2.17. The lowest BCUT2D eigenvalue weighted by Gasteiger charge is -2.26. The zero-order valence-electron chi connectivity index (χ0n) is 10.3. The Hall–Kier alpha value is -0.850. The summed E-state index contributed by atoms with van der Waals surface area (Å²) in [6, 6.07) is 0. The summed E-state index contributed by atoms with van der Waals surface area (Å²) in [5, 5.41) is 0. The number of fused-ring (bicyclic) bond motifs is 2. The average molecular weight is 215 g/mol. The molecule has 0 aromatic carbocycles. The van der Waals surface area contributed by atoms with Crippen LogP contribution in [0.1, 0.15) is 60.7 Å². The zero-order valence-corrected chi connectivity index (χ0v) is 10.3. The number of aromatic nitrogens is 1. The zero-order chi connectivity index (χ0) is 11.0. The van der Waals surface area contributed by atoms with E-state index in [0.29, 0.717) is 0 Å². The molecule has 0 bridgehead atoms. The molecule has 1 heteroatoms. The van der Waals surface area contributed by atoms with E-state index in [1.54, 1.807) is 16.7 Å². The van der Waals surface area contributed by atoms with Gasteiger partial charge in [-0.2, -0.15) is 0 Å². The fourth-order valence-corrected chi connectivity index (χ4v) is 3.45. The summed E-state index contributed by atoms with van der Waals surface area (Å²) in [4.78, 5) is 4.96. The van der Waals surface area contributed by atoms with Crippen molar-refractivity contribution in [2.45, 2.75) is 64.7 Å². The Morgan fingerprint density at radius 2 is 1.31 bits per heavy atom. The van der Waals surface area contributed by atoms with Crippen molar-refractivity contribution >= 4 is 0 Å². The van der Waals surface area contributed by atoms with Gasteiger partial charge in [0.15, 0.2) is 0 Å². The van der Waals surface area contributed by atoms with E-state index < -0.39 is 0 Å². The third kappa shape index (κ3) is 1.57. The van der Waals surface area contributed by atoms with Crippen molar-refractivity contribution in [3.8, 4) is 0 Å². The predicted octanol–water partition coefficient (Wildman–Crippen LogP) is 3.40. The minimum Gasteiger partial charge on any atom is -0.257 e. The molecule has 1 aromatic rings. The van der Waals surface area contributed by atoms with Gasteiger partial charge in [-0.25, -0.2) is 0 Å². The van der Waals surface area contributed by atoms with Crippen LogP contribution in [0.25, 0.3) is 0 Å². The molecule has 0 fully saturated rings. The Morgan fingerprint density at radius 1 is 0.812 bits per heavy atom. The molecule has 0 N–H and O–H groups in total. The largest absolute Gasteiger partial charge is 0.257 e. The SMILES string of the molecule is CCc1c2c(nc3c1CCCC3)CCCC2. The van der Waals surface area contributed by atoms with E-state index in [2.05, 4.69) is 6.92 Å². The van der Waals surface area contributed by atoms with Crippen LogP contribution in [0.3, 0.4) is 0 Å². The normalized spacial score (nSPS) is 19.1. The van der Waals surface area contributed by atoms with Crippen LogP contribution in [0, 0.1) is 0 Å². The van der Waals surface area contributed by atoms with E-state index >= 15 is 0 Å². The van der Waals surface area contributed by atoms with Crippen molar-refractivity contribution < 1.29 is 0 Å². The molecule has 1 nitrogen and oxygen atoms in total. The molecule has 0 amide bonds. The highest BCUT2D eigenvalue weighted by atomic mass is 14.7. The average Bonchev–Trinajstić information content (AvgIpc) is 2.36. The Kier molecular flexibility index (Phi) is 2.70. The van der Waals surface area contributed by atoms with Crippen LogP contribution >= 0.6 is 0 Å². The molecule has 0 unspecified atom stereocenters. The number of hydrogen-bond donors (Lipinski definition) is 0. The van der Waals surface area contributed by atoms with Crippen molar-refractivity contribution in [2.75, 3.05) is 0 Å². The van der Waals surface area contributed by atoms with Crippen LogP contribution in [0.2, 0.25) is 0 Å². The molecule has 2 aliphatic rings. The number of hydrogen-bond acceptors (Lipinski definition) is 1. The van der Waals surface area contributed by atoms with E-state index in [1.807, 2.05) is 0 Å². The third-order valence-corrected chi connectivity index (χ3v) is 4.23. The molecular weight excluding hydrogens is 194 g/mol. The second kappa shape index (κ2) is 4.20. The Labute approximate surface area is 98.3 Å². The first-order valence-electron chi connectivity index (χ1n) is 6.92. The van der Waals surface area contributed by atoms with Gasteiger partial charge in [-0.15, -0.1) is 0 Å². The summed E-state index contributed by atoms with van der Waals surface area (Å²) >= 11 is 0. The van der Waals surface area contributed by atoms with Crippen LogP contribution in [-0.2, 0) is 32.1 Å². The molecule has 1 aromatic heterocycles. The minimum atomic E-state index is 1.22. The molecule has 86 valence electrons. The van der Waals surface area contributed by atoms with E-state index in [4.69, 9.17) is 4.98 Å². The second-order valence-electron chi connectivity index (χ2n) is 5.21. The van der Waals surface area contributed by atoms with Crippen LogP contribution in [0.4, 0.5) is 0 Å². The van der Waals surface area contributed by atoms with Crippen molar-refractivity contribution in [3.63, 3.8) is 0 Å². The number of pyridine rings is 1. The lowest BCUT2D eigenvalue weighted by atomic mass is 9.83. The van der Waals surface area contributed by atoms with Crippen LogP contribution in [0.15, 0.2) is 0 Å². The summed E-state index contributed by atoms with van der Waals surface area (Å²) in [7, 11) is 0. The number of aryl methyl sites for hydroxylation is 2. The van der Waals surface area contributed by atoms with Gasteiger partial charge in [0.1, 0.15) is 0 Å². The fraction of sp³-hybridized carbons (Fsp3) is 0.667. The van der Waals surface area contributed by atoms with Gasteiger partial charge in [0, 0.05) is 11.4 Å². The van der Waals surface area contributed by atoms with E-state index in [1.165, 1.54) is 69.2 Å². The Balaban J connectivity index is 2.16. The second-order valence-corrected chi connectivity index (χ2v) is 5.21. The molecule has 1 heterocycles. The standard InChI is InChI=1S/C15H21N/c1-2-11-12-7-3-5-9-14(12)16-15-10-6-4-8-13(11)15/h2-10H2,1H3. The molecule has 3 rings (SSSR count). The fourth-order valence-electron chi connectivity index (χ4n) is 3.45. The molecule has 2 aliphatic carbocycles. The maximum absolute atomic E-state index is 4.96. The maximum Gasteiger partial charge on any atom is 0.0441 e. The van der Waals surface area contributed by atoms with Crippen LogP contribution in [0.5, 0.6) is 0 Å². The molecule has 0 spiro atoms. The molecular formula is C15H21N. The van der Waals surface area contributed by atoms with E-state index in [9.17, 15) is 0 Å². The van der Waals surface area contributed by atoms with Crippen molar-refractivity contribution in [2.24, 2.45) is 0 Å². The van der Waals surface area contributed by atoms with Gasteiger partial charge in [0.05, 0.1) is 0 Å². The summed E-state index contributed by atoms with van der Waals surface area (Å²) in [6.07, 6.45) is 11.7. The highest BCUT2D eigenvalue weighted by Gasteiger charge is 2.21. The Morgan fingerprint density at radius 3 is 1.81 bits per heavy atom. The summed E-state index contributed by atoms with van der Waals surface area (Å²) in [5.74, 6) is 0. The van der Waals surface area contributed by atoms with Gasteiger partial charge < -0.3 is 0 Å². The predicted molar refractivity (Wildman–Crippen MR) is 66.9 cm³/mol. The summed E-state index contributed by atoms with van der Waals surface area (Å²) in [6.45, 7) is 2.32. The quantitative estimate of drug-likeness (QED) is 0.699. The topological polar surface area (TPSA) is 12.9 Å². The molecule has 0 saturated heterocycles. The molecule has 0 aliphatic heterocycles. The number of nitrogens with zero attached hydrogens (tertiary/aromatic N) is 1. The number of rotatable bonds is 1. The molecule has 0 saturated carbocycles. The van der Waals surface area contributed by atoms with Gasteiger partial charge in [-0.1, -0.05) is 6.92 Å². The first kappa shape index (κ1) is 10.3.